The molecule has 1 N–H and O–H groups in total. The Morgan fingerprint density at radius 3 is 2.48 bits per heavy atom. The molecule has 5 nitrogen and oxygen atoms in total. The van der Waals surface area contributed by atoms with Crippen molar-refractivity contribution >= 4 is 5.91 Å². The zero-order chi connectivity index (χ0) is 15.1. The summed E-state index contributed by atoms with van der Waals surface area (Å²) in [7, 11) is 0. The molecule has 0 bridgehead atoms. The SMILES string of the molecule is CC(C)C(Cn1nccn1)NC(=O)CCc1ccccc1. The van der Waals surface area contributed by atoms with E-state index >= 15 is 0 Å². The molecule has 0 aliphatic carbocycles. The first-order chi connectivity index (χ1) is 10.1. The minimum absolute atomic E-state index is 0.0423. The van der Waals surface area contributed by atoms with Crippen molar-refractivity contribution in [1.29, 1.82) is 0 Å². The van der Waals surface area contributed by atoms with E-state index in [4.69, 9.17) is 0 Å². The molecule has 2 aromatic rings. The Labute approximate surface area is 125 Å². The Morgan fingerprint density at radius 2 is 1.86 bits per heavy atom. The molecule has 1 heterocycles. The third kappa shape index (κ3) is 5.02. The van der Waals surface area contributed by atoms with Gasteiger partial charge in [-0.3, -0.25) is 4.79 Å². The summed E-state index contributed by atoms with van der Waals surface area (Å²) in [5.41, 5.74) is 1.18. The predicted molar refractivity (Wildman–Crippen MR) is 81.6 cm³/mol. The van der Waals surface area contributed by atoms with Crippen LogP contribution < -0.4 is 5.32 Å². The largest absolute Gasteiger partial charge is 0.351 e. The maximum absolute atomic E-state index is 12.1. The van der Waals surface area contributed by atoms with Crippen LogP contribution in [0.15, 0.2) is 42.7 Å². The number of carbonyl (C=O) groups is 1. The molecule has 0 radical (unpaired) electrons. The van der Waals surface area contributed by atoms with Gasteiger partial charge in [0, 0.05) is 6.42 Å². The molecule has 0 saturated carbocycles. The van der Waals surface area contributed by atoms with Gasteiger partial charge in [-0.2, -0.15) is 15.0 Å². The first-order valence-electron chi connectivity index (χ1n) is 7.32. The molecule has 0 spiro atoms. The zero-order valence-corrected chi connectivity index (χ0v) is 12.6. The molecule has 1 unspecified atom stereocenters. The molecule has 1 amide bonds. The average molecular weight is 286 g/mol. The fraction of sp³-hybridized carbons (Fsp3) is 0.438. The molecule has 0 fully saturated rings. The van der Waals surface area contributed by atoms with Crippen LogP contribution in [-0.2, 0) is 17.8 Å². The number of carbonyl (C=O) groups excluding carboxylic acids is 1. The summed E-state index contributed by atoms with van der Waals surface area (Å²) in [6, 6.07) is 10.1. The molecular formula is C16H22N4O. The van der Waals surface area contributed by atoms with Crippen molar-refractivity contribution < 1.29 is 4.79 Å². The van der Waals surface area contributed by atoms with Crippen LogP contribution in [0, 0.1) is 5.92 Å². The monoisotopic (exact) mass is 286 g/mol. The Kier molecular flexibility index (Phi) is 5.49. The van der Waals surface area contributed by atoms with Crippen molar-refractivity contribution in [1.82, 2.24) is 20.3 Å². The van der Waals surface area contributed by atoms with Gasteiger partial charge in [0.05, 0.1) is 25.0 Å². The standard InChI is InChI=1S/C16H22N4O/c1-13(2)15(12-20-17-10-11-18-20)19-16(21)9-8-14-6-4-3-5-7-14/h3-7,10-11,13,15H,8-9,12H2,1-2H3,(H,19,21). The van der Waals surface area contributed by atoms with Crippen molar-refractivity contribution in [3.05, 3.63) is 48.3 Å². The lowest BCUT2D eigenvalue weighted by atomic mass is 10.0. The number of aryl methyl sites for hydroxylation is 1. The van der Waals surface area contributed by atoms with Crippen molar-refractivity contribution in [3.63, 3.8) is 0 Å². The lowest BCUT2D eigenvalue weighted by molar-refractivity contribution is -0.122. The topological polar surface area (TPSA) is 59.8 Å². The van der Waals surface area contributed by atoms with Gasteiger partial charge in [-0.25, -0.2) is 0 Å². The van der Waals surface area contributed by atoms with Crippen LogP contribution in [-0.4, -0.2) is 26.9 Å². The maximum Gasteiger partial charge on any atom is 0.220 e. The van der Waals surface area contributed by atoms with Gasteiger partial charge < -0.3 is 5.32 Å². The average Bonchev–Trinajstić information content (AvgIpc) is 2.98. The minimum Gasteiger partial charge on any atom is -0.351 e. The molecule has 5 heteroatoms. The van der Waals surface area contributed by atoms with Crippen LogP contribution in [0.5, 0.6) is 0 Å². The number of hydrogen-bond acceptors (Lipinski definition) is 3. The van der Waals surface area contributed by atoms with Gasteiger partial charge in [0.15, 0.2) is 0 Å². The Hall–Kier alpha value is -2.17. The summed E-state index contributed by atoms with van der Waals surface area (Å²) in [6.45, 7) is 4.78. The highest BCUT2D eigenvalue weighted by molar-refractivity contribution is 5.76. The molecule has 21 heavy (non-hydrogen) atoms. The number of nitrogens with zero attached hydrogens (tertiary/aromatic N) is 3. The van der Waals surface area contributed by atoms with E-state index in [1.807, 2.05) is 30.3 Å². The molecule has 1 aromatic heterocycles. The summed E-state index contributed by atoms with van der Waals surface area (Å²) >= 11 is 0. The van der Waals surface area contributed by atoms with Gasteiger partial charge in [-0.15, -0.1) is 0 Å². The number of amides is 1. The molecule has 112 valence electrons. The molecule has 0 aliphatic heterocycles. The van der Waals surface area contributed by atoms with Crippen molar-refractivity contribution in [2.45, 2.75) is 39.3 Å². The van der Waals surface area contributed by atoms with E-state index in [-0.39, 0.29) is 11.9 Å². The molecule has 1 atom stereocenters. The van der Waals surface area contributed by atoms with Crippen LogP contribution >= 0.6 is 0 Å². The van der Waals surface area contributed by atoms with E-state index in [9.17, 15) is 4.79 Å². The van der Waals surface area contributed by atoms with Gasteiger partial charge in [0.2, 0.25) is 5.91 Å². The molecule has 2 rings (SSSR count). The molecule has 1 aromatic carbocycles. The third-order valence-corrected chi connectivity index (χ3v) is 3.46. The number of benzene rings is 1. The molecular weight excluding hydrogens is 264 g/mol. The zero-order valence-electron chi connectivity index (χ0n) is 12.6. The van der Waals surface area contributed by atoms with E-state index in [0.29, 0.717) is 18.9 Å². The van der Waals surface area contributed by atoms with E-state index in [2.05, 4.69) is 29.4 Å². The Bertz CT molecular complexity index is 537. The lowest BCUT2D eigenvalue weighted by Gasteiger charge is -2.21. The second-order valence-electron chi connectivity index (χ2n) is 5.49. The Morgan fingerprint density at radius 1 is 1.19 bits per heavy atom. The predicted octanol–water partition coefficient (Wildman–Crippen LogP) is 2.05. The van der Waals surface area contributed by atoms with E-state index in [1.165, 1.54) is 5.56 Å². The second kappa shape index (κ2) is 7.57. The first kappa shape index (κ1) is 15.2. The van der Waals surface area contributed by atoms with Crippen molar-refractivity contribution in [2.24, 2.45) is 5.92 Å². The number of hydrogen-bond donors (Lipinski definition) is 1. The Balaban J connectivity index is 1.83. The van der Waals surface area contributed by atoms with Crippen molar-refractivity contribution in [2.75, 3.05) is 0 Å². The second-order valence-corrected chi connectivity index (χ2v) is 5.49. The van der Waals surface area contributed by atoms with Crippen LogP contribution in [0.25, 0.3) is 0 Å². The molecule has 0 saturated heterocycles. The van der Waals surface area contributed by atoms with Gasteiger partial charge in [0.25, 0.3) is 0 Å². The van der Waals surface area contributed by atoms with Gasteiger partial charge >= 0.3 is 0 Å². The van der Waals surface area contributed by atoms with Crippen LogP contribution in [0.4, 0.5) is 0 Å². The van der Waals surface area contributed by atoms with Crippen LogP contribution in [0.3, 0.4) is 0 Å². The lowest BCUT2D eigenvalue weighted by Crippen LogP contribution is -2.42. The summed E-state index contributed by atoms with van der Waals surface area (Å²) in [6.07, 6.45) is 4.56. The first-order valence-corrected chi connectivity index (χ1v) is 7.32. The number of nitrogens with one attached hydrogen (secondary N) is 1. The minimum atomic E-state index is 0.0423. The van der Waals surface area contributed by atoms with Gasteiger partial charge in [-0.1, -0.05) is 44.2 Å². The highest BCUT2D eigenvalue weighted by Crippen LogP contribution is 2.06. The van der Waals surface area contributed by atoms with Crippen LogP contribution in [0.1, 0.15) is 25.8 Å². The smallest absolute Gasteiger partial charge is 0.220 e. The highest BCUT2D eigenvalue weighted by atomic mass is 16.1. The van der Waals surface area contributed by atoms with E-state index < -0.39 is 0 Å². The summed E-state index contributed by atoms with van der Waals surface area (Å²) in [4.78, 5) is 13.7. The van der Waals surface area contributed by atoms with Gasteiger partial charge in [0.1, 0.15) is 0 Å². The van der Waals surface area contributed by atoms with Crippen molar-refractivity contribution in [3.8, 4) is 0 Å². The highest BCUT2D eigenvalue weighted by Gasteiger charge is 2.17. The number of rotatable bonds is 7. The third-order valence-electron chi connectivity index (χ3n) is 3.46. The van der Waals surface area contributed by atoms with E-state index in [0.717, 1.165) is 6.42 Å². The quantitative estimate of drug-likeness (QED) is 0.847. The molecule has 0 aliphatic rings. The summed E-state index contributed by atoms with van der Waals surface area (Å²) < 4.78 is 0. The fourth-order valence-electron chi connectivity index (χ4n) is 2.12. The summed E-state index contributed by atoms with van der Waals surface area (Å²) in [5, 5.41) is 11.3. The normalized spacial score (nSPS) is 12.3. The van der Waals surface area contributed by atoms with Crippen LogP contribution in [0.2, 0.25) is 0 Å². The summed E-state index contributed by atoms with van der Waals surface area (Å²) in [5.74, 6) is 0.404. The maximum atomic E-state index is 12.1. The van der Waals surface area contributed by atoms with Gasteiger partial charge in [-0.05, 0) is 17.9 Å². The fourth-order valence-corrected chi connectivity index (χ4v) is 2.12. The number of aromatic nitrogens is 3. The van der Waals surface area contributed by atoms with E-state index in [1.54, 1.807) is 17.2 Å².